The van der Waals surface area contributed by atoms with E-state index in [1.54, 1.807) is 0 Å². The number of nitrogens with zero attached hydrogens (tertiary/aromatic N) is 2. The Morgan fingerprint density at radius 1 is 0.737 bits per heavy atom. The van der Waals surface area contributed by atoms with Gasteiger partial charge in [-0.05, 0) is 45.6 Å². The third-order valence-corrected chi connectivity index (χ3v) is 4.22. The summed E-state index contributed by atoms with van der Waals surface area (Å²) in [6.07, 6.45) is 5.54. The lowest BCUT2D eigenvalue weighted by atomic mass is 9.89. The molecule has 2 nitrogen and oxygen atoms in total. The van der Waals surface area contributed by atoms with Gasteiger partial charge in [-0.2, -0.15) is 0 Å². The van der Waals surface area contributed by atoms with Crippen LogP contribution < -0.4 is 0 Å². The van der Waals surface area contributed by atoms with Crippen molar-refractivity contribution in [3.8, 4) is 0 Å². The first-order valence-electron chi connectivity index (χ1n) is 8.16. The topological polar surface area (TPSA) is 6.48 Å². The van der Waals surface area contributed by atoms with Crippen molar-refractivity contribution in [2.45, 2.75) is 72.8 Å². The molecule has 1 heterocycles. The molecule has 0 aromatic heterocycles. The van der Waals surface area contributed by atoms with Crippen LogP contribution in [0.25, 0.3) is 0 Å². The van der Waals surface area contributed by atoms with Crippen molar-refractivity contribution in [1.82, 2.24) is 9.80 Å². The van der Waals surface area contributed by atoms with Crippen LogP contribution in [0.15, 0.2) is 0 Å². The molecular formula is C17H36N2. The summed E-state index contributed by atoms with van der Waals surface area (Å²) in [5.41, 5.74) is 0.858. The van der Waals surface area contributed by atoms with E-state index in [9.17, 15) is 0 Å². The molecule has 1 fully saturated rings. The van der Waals surface area contributed by atoms with E-state index in [2.05, 4.69) is 51.3 Å². The summed E-state index contributed by atoms with van der Waals surface area (Å²) in [4.78, 5) is 5.27. The quantitative estimate of drug-likeness (QED) is 0.695. The molecule has 0 spiro atoms. The van der Waals surface area contributed by atoms with Gasteiger partial charge in [0.25, 0.3) is 0 Å². The molecule has 1 saturated heterocycles. The van der Waals surface area contributed by atoms with E-state index in [1.165, 1.54) is 58.4 Å². The standard InChI is InChI=1S/C17H36N2/c1-16(2,3)10-8-7-9-11-18-12-14-19(15-13-18)17(4,5)6/h7-15H2,1-6H3. The maximum absolute atomic E-state index is 2.65. The highest BCUT2D eigenvalue weighted by Crippen LogP contribution is 2.22. The first-order valence-corrected chi connectivity index (χ1v) is 8.16. The molecule has 0 aliphatic carbocycles. The van der Waals surface area contributed by atoms with Crippen molar-refractivity contribution in [3.05, 3.63) is 0 Å². The molecule has 0 saturated carbocycles. The highest BCUT2D eigenvalue weighted by Gasteiger charge is 2.25. The van der Waals surface area contributed by atoms with Crippen molar-refractivity contribution in [1.29, 1.82) is 0 Å². The van der Waals surface area contributed by atoms with E-state index < -0.39 is 0 Å². The third kappa shape index (κ3) is 7.31. The Kier molecular flexibility index (Phi) is 6.32. The summed E-state index contributed by atoms with van der Waals surface area (Å²) in [6.45, 7) is 20.3. The fraction of sp³-hybridized carbons (Fsp3) is 1.00. The smallest absolute Gasteiger partial charge is 0.0126 e. The zero-order valence-electron chi connectivity index (χ0n) is 14.3. The zero-order valence-corrected chi connectivity index (χ0v) is 14.3. The largest absolute Gasteiger partial charge is 0.301 e. The van der Waals surface area contributed by atoms with Gasteiger partial charge >= 0.3 is 0 Å². The Morgan fingerprint density at radius 3 is 1.79 bits per heavy atom. The minimum absolute atomic E-state index is 0.346. The second-order valence-electron chi connectivity index (χ2n) is 8.37. The molecule has 1 aliphatic heterocycles. The minimum Gasteiger partial charge on any atom is -0.301 e. The van der Waals surface area contributed by atoms with Crippen LogP contribution >= 0.6 is 0 Å². The van der Waals surface area contributed by atoms with Crippen LogP contribution in [0.1, 0.15) is 67.2 Å². The van der Waals surface area contributed by atoms with Crippen LogP contribution in [0, 0.1) is 5.41 Å². The molecule has 1 aliphatic rings. The van der Waals surface area contributed by atoms with Gasteiger partial charge in [-0.1, -0.05) is 33.6 Å². The Balaban J connectivity index is 2.07. The van der Waals surface area contributed by atoms with Crippen molar-refractivity contribution >= 4 is 0 Å². The summed E-state index contributed by atoms with van der Waals surface area (Å²) in [5.74, 6) is 0. The normalized spacial score (nSPS) is 19.9. The van der Waals surface area contributed by atoms with Crippen molar-refractivity contribution in [2.24, 2.45) is 5.41 Å². The van der Waals surface area contributed by atoms with E-state index in [0.29, 0.717) is 11.0 Å². The SMILES string of the molecule is CC(C)(C)CCCCCN1CCN(C(C)(C)C)CC1. The summed E-state index contributed by atoms with van der Waals surface area (Å²) in [6, 6.07) is 0. The Bertz CT molecular complexity index is 239. The second kappa shape index (κ2) is 7.08. The lowest BCUT2D eigenvalue weighted by molar-refractivity contribution is 0.0615. The number of piperazine rings is 1. The average Bonchev–Trinajstić information content (AvgIpc) is 2.26. The fourth-order valence-electron chi connectivity index (χ4n) is 2.81. The molecule has 114 valence electrons. The molecule has 19 heavy (non-hydrogen) atoms. The summed E-state index contributed by atoms with van der Waals surface area (Å²) in [7, 11) is 0. The number of rotatable bonds is 5. The summed E-state index contributed by atoms with van der Waals surface area (Å²) >= 11 is 0. The molecular weight excluding hydrogens is 232 g/mol. The van der Waals surface area contributed by atoms with Crippen molar-refractivity contribution < 1.29 is 0 Å². The van der Waals surface area contributed by atoms with E-state index in [-0.39, 0.29) is 0 Å². The van der Waals surface area contributed by atoms with Crippen LogP contribution in [-0.4, -0.2) is 48.1 Å². The van der Waals surface area contributed by atoms with Crippen LogP contribution in [0.4, 0.5) is 0 Å². The number of hydrogen-bond acceptors (Lipinski definition) is 2. The van der Waals surface area contributed by atoms with Crippen molar-refractivity contribution in [3.63, 3.8) is 0 Å². The van der Waals surface area contributed by atoms with E-state index in [1.807, 2.05) is 0 Å². The Hall–Kier alpha value is -0.0800. The van der Waals surface area contributed by atoms with Crippen LogP contribution in [0.2, 0.25) is 0 Å². The maximum Gasteiger partial charge on any atom is 0.0126 e. The fourth-order valence-corrected chi connectivity index (χ4v) is 2.81. The van der Waals surface area contributed by atoms with Gasteiger partial charge in [0.1, 0.15) is 0 Å². The molecule has 1 rings (SSSR count). The second-order valence-corrected chi connectivity index (χ2v) is 8.37. The van der Waals surface area contributed by atoms with Gasteiger partial charge in [-0.25, -0.2) is 0 Å². The third-order valence-electron chi connectivity index (χ3n) is 4.22. The lowest BCUT2D eigenvalue weighted by Crippen LogP contribution is -2.53. The molecule has 0 unspecified atom stereocenters. The highest BCUT2D eigenvalue weighted by atomic mass is 15.3. The highest BCUT2D eigenvalue weighted by molar-refractivity contribution is 4.81. The van der Waals surface area contributed by atoms with Gasteiger partial charge in [0.2, 0.25) is 0 Å². The molecule has 0 amide bonds. The predicted molar refractivity (Wildman–Crippen MR) is 85.7 cm³/mol. The maximum atomic E-state index is 2.65. The monoisotopic (exact) mass is 268 g/mol. The molecule has 0 bridgehead atoms. The van der Waals surface area contributed by atoms with Crippen molar-refractivity contribution in [2.75, 3.05) is 32.7 Å². The molecule has 0 radical (unpaired) electrons. The molecule has 0 aromatic carbocycles. The van der Waals surface area contributed by atoms with Gasteiger partial charge in [0.05, 0.1) is 0 Å². The summed E-state index contributed by atoms with van der Waals surface area (Å²) in [5, 5.41) is 0. The molecule has 0 atom stereocenters. The van der Waals surface area contributed by atoms with Gasteiger partial charge in [-0.15, -0.1) is 0 Å². The van der Waals surface area contributed by atoms with E-state index in [4.69, 9.17) is 0 Å². The van der Waals surface area contributed by atoms with E-state index >= 15 is 0 Å². The Labute approximate surface area is 121 Å². The van der Waals surface area contributed by atoms with E-state index in [0.717, 1.165) is 0 Å². The summed E-state index contributed by atoms with van der Waals surface area (Å²) < 4.78 is 0. The number of unbranched alkanes of at least 4 members (excludes halogenated alkanes) is 2. The molecule has 0 aromatic rings. The first kappa shape index (κ1) is 17.0. The Morgan fingerprint density at radius 2 is 1.32 bits per heavy atom. The van der Waals surface area contributed by atoms with Gasteiger partial charge in [0, 0.05) is 31.7 Å². The molecule has 2 heteroatoms. The van der Waals surface area contributed by atoms with Gasteiger partial charge in [-0.3, -0.25) is 4.90 Å². The van der Waals surface area contributed by atoms with Crippen LogP contribution in [0.3, 0.4) is 0 Å². The minimum atomic E-state index is 0.346. The average molecular weight is 268 g/mol. The van der Waals surface area contributed by atoms with Gasteiger partial charge in [0.15, 0.2) is 0 Å². The van der Waals surface area contributed by atoms with Crippen LogP contribution in [0.5, 0.6) is 0 Å². The van der Waals surface area contributed by atoms with Gasteiger partial charge < -0.3 is 4.90 Å². The zero-order chi connectivity index (χ0) is 14.5. The van der Waals surface area contributed by atoms with Crippen LogP contribution in [-0.2, 0) is 0 Å². The lowest BCUT2D eigenvalue weighted by Gasteiger charge is -2.42. The molecule has 0 N–H and O–H groups in total. The predicted octanol–water partition coefficient (Wildman–Crippen LogP) is 4.01. The first-order chi connectivity index (χ1) is 8.68. The number of hydrogen-bond donors (Lipinski definition) is 0.